The van der Waals surface area contributed by atoms with E-state index in [1.165, 1.54) is 52.2 Å². The summed E-state index contributed by atoms with van der Waals surface area (Å²) in [6, 6.07) is 58.6. The fraction of sp³-hybridized carbons (Fsp3) is 0.0400. The molecule has 0 unspecified atom stereocenters. The first-order chi connectivity index (χ1) is 27.2. The van der Waals surface area contributed by atoms with E-state index >= 15 is 0 Å². The maximum Gasteiger partial charge on any atom is 0.160 e. The molecule has 0 saturated carbocycles. The van der Waals surface area contributed by atoms with E-state index in [-0.39, 0.29) is 0 Å². The minimum Gasteiger partial charge on any atom is -0.308 e. The van der Waals surface area contributed by atoms with E-state index in [4.69, 9.17) is 9.97 Å². The van der Waals surface area contributed by atoms with Crippen molar-refractivity contribution in [1.29, 1.82) is 0 Å². The molecular formula is C50H33N3S2. The molecule has 1 aliphatic carbocycles. The monoisotopic (exact) mass is 739 g/mol. The van der Waals surface area contributed by atoms with Crippen LogP contribution in [0.3, 0.4) is 0 Å². The molecule has 11 rings (SSSR count). The lowest BCUT2D eigenvalue weighted by Gasteiger charge is -2.24. The summed E-state index contributed by atoms with van der Waals surface area (Å²) in [5, 5.41) is 5.14. The van der Waals surface area contributed by atoms with Gasteiger partial charge in [-0.25, -0.2) is 9.97 Å². The lowest BCUT2D eigenvalue weighted by Crippen LogP contribution is -2.00. The van der Waals surface area contributed by atoms with Gasteiger partial charge >= 0.3 is 0 Å². The maximum absolute atomic E-state index is 5.13. The number of hydrogen-bond donors (Lipinski definition) is 0. The zero-order valence-corrected chi connectivity index (χ0v) is 31.4. The summed E-state index contributed by atoms with van der Waals surface area (Å²) in [5.74, 6) is 0.717. The van der Waals surface area contributed by atoms with Crippen LogP contribution in [0.25, 0.3) is 83.3 Å². The van der Waals surface area contributed by atoms with E-state index in [2.05, 4.69) is 156 Å². The van der Waals surface area contributed by atoms with Crippen LogP contribution in [0.5, 0.6) is 0 Å². The molecule has 0 N–H and O–H groups in total. The van der Waals surface area contributed by atoms with Gasteiger partial charge in [0.15, 0.2) is 5.82 Å². The van der Waals surface area contributed by atoms with E-state index in [1.807, 2.05) is 47.8 Å². The average Bonchev–Trinajstić information content (AvgIpc) is 3.62. The third-order valence-electron chi connectivity index (χ3n) is 10.7. The van der Waals surface area contributed by atoms with Gasteiger partial charge in [-0.05, 0) is 71.1 Å². The molecule has 0 amide bonds. The number of benzene rings is 7. The topological polar surface area (TPSA) is 30.7 Å². The summed E-state index contributed by atoms with van der Waals surface area (Å²) >= 11 is 3.86. The second kappa shape index (κ2) is 13.3. The Morgan fingerprint density at radius 2 is 1.13 bits per heavy atom. The normalized spacial score (nSPS) is 13.7. The number of nitrogens with zero attached hydrogens (tertiary/aromatic N) is 3. The predicted octanol–water partition coefficient (Wildman–Crippen LogP) is 14.2. The Balaban J connectivity index is 1.08. The van der Waals surface area contributed by atoms with Gasteiger partial charge in [0.1, 0.15) is 0 Å². The van der Waals surface area contributed by atoms with Crippen LogP contribution in [0.15, 0.2) is 196 Å². The first-order valence-corrected chi connectivity index (χ1v) is 20.3. The number of thioether (sulfide) groups is 2. The van der Waals surface area contributed by atoms with Gasteiger partial charge in [0, 0.05) is 47.9 Å². The fourth-order valence-corrected chi connectivity index (χ4v) is 10.6. The maximum atomic E-state index is 5.13. The number of rotatable bonds is 5. The minimum atomic E-state index is 0.717. The molecule has 1 aliphatic heterocycles. The highest BCUT2D eigenvalue weighted by atomic mass is 32.2. The van der Waals surface area contributed by atoms with Gasteiger partial charge < -0.3 is 4.57 Å². The molecule has 0 saturated heterocycles. The second-order valence-electron chi connectivity index (χ2n) is 14.0. The Morgan fingerprint density at radius 3 is 1.95 bits per heavy atom. The van der Waals surface area contributed by atoms with Crippen LogP contribution in [0.4, 0.5) is 0 Å². The Kier molecular flexibility index (Phi) is 7.82. The molecule has 55 heavy (non-hydrogen) atoms. The highest BCUT2D eigenvalue weighted by Crippen LogP contribution is 2.55. The highest BCUT2D eigenvalue weighted by molar-refractivity contribution is 8.11. The van der Waals surface area contributed by atoms with Crippen molar-refractivity contribution in [3.05, 3.63) is 186 Å². The Morgan fingerprint density at radius 1 is 0.473 bits per heavy atom. The Hall–Kier alpha value is -6.14. The molecule has 2 aromatic heterocycles. The van der Waals surface area contributed by atoms with E-state index < -0.39 is 0 Å². The van der Waals surface area contributed by atoms with Gasteiger partial charge in [-0.15, -0.1) is 0 Å². The number of fused-ring (bicyclic) bond motifs is 8. The van der Waals surface area contributed by atoms with Crippen molar-refractivity contribution in [2.24, 2.45) is 0 Å². The Bertz CT molecular complexity index is 2980. The molecule has 3 nitrogen and oxygen atoms in total. The van der Waals surface area contributed by atoms with E-state index in [1.54, 1.807) is 0 Å². The molecule has 0 atom stereocenters. The summed E-state index contributed by atoms with van der Waals surface area (Å²) in [6.07, 6.45) is 7.05. The van der Waals surface area contributed by atoms with Crippen LogP contribution in [-0.4, -0.2) is 14.5 Å². The first-order valence-electron chi connectivity index (χ1n) is 18.7. The minimum absolute atomic E-state index is 0.717. The van der Waals surface area contributed by atoms with E-state index in [9.17, 15) is 0 Å². The molecule has 0 radical (unpaired) electrons. The van der Waals surface area contributed by atoms with Gasteiger partial charge in [0.25, 0.3) is 0 Å². The zero-order chi connectivity index (χ0) is 36.3. The van der Waals surface area contributed by atoms with Crippen LogP contribution in [0.1, 0.15) is 12.8 Å². The van der Waals surface area contributed by atoms with Crippen molar-refractivity contribution in [3.63, 3.8) is 0 Å². The molecule has 3 heterocycles. The van der Waals surface area contributed by atoms with Crippen LogP contribution in [0.2, 0.25) is 0 Å². The highest BCUT2D eigenvalue weighted by Gasteiger charge is 2.27. The van der Waals surface area contributed by atoms with Crippen molar-refractivity contribution in [3.8, 4) is 50.7 Å². The number of hydrogen-bond acceptors (Lipinski definition) is 4. The summed E-state index contributed by atoms with van der Waals surface area (Å²) in [4.78, 5) is 15.6. The fourth-order valence-electron chi connectivity index (χ4n) is 8.07. The van der Waals surface area contributed by atoms with Crippen LogP contribution >= 0.6 is 23.5 Å². The molecule has 260 valence electrons. The van der Waals surface area contributed by atoms with Gasteiger partial charge in [0.05, 0.1) is 27.3 Å². The van der Waals surface area contributed by atoms with E-state index in [0.29, 0.717) is 5.82 Å². The molecule has 0 fully saturated rings. The number of allylic oxidation sites excluding steroid dienone is 2. The summed E-state index contributed by atoms with van der Waals surface area (Å²) < 4.78 is 2.51. The van der Waals surface area contributed by atoms with Crippen molar-refractivity contribution in [2.45, 2.75) is 22.6 Å². The molecule has 0 spiro atoms. The van der Waals surface area contributed by atoms with Crippen LogP contribution in [0, 0.1) is 0 Å². The van der Waals surface area contributed by atoms with Crippen molar-refractivity contribution < 1.29 is 0 Å². The Labute approximate surface area is 328 Å². The van der Waals surface area contributed by atoms with Gasteiger partial charge in [-0.1, -0.05) is 163 Å². The quantitative estimate of drug-likeness (QED) is 0.176. The third kappa shape index (κ3) is 5.62. The molecule has 5 heteroatoms. The van der Waals surface area contributed by atoms with Crippen LogP contribution in [-0.2, 0) is 0 Å². The average molecular weight is 740 g/mol. The predicted molar refractivity (Wildman–Crippen MR) is 233 cm³/mol. The largest absolute Gasteiger partial charge is 0.308 e. The van der Waals surface area contributed by atoms with Crippen molar-refractivity contribution in [1.82, 2.24) is 14.5 Å². The molecule has 2 aliphatic rings. The van der Waals surface area contributed by atoms with Crippen molar-refractivity contribution in [2.75, 3.05) is 0 Å². The third-order valence-corrected chi connectivity index (χ3v) is 13.3. The van der Waals surface area contributed by atoms with Crippen LogP contribution < -0.4 is 0 Å². The molecular weight excluding hydrogens is 707 g/mol. The molecule has 7 aromatic carbocycles. The lowest BCUT2D eigenvalue weighted by molar-refractivity contribution is 1.03. The van der Waals surface area contributed by atoms with E-state index in [0.717, 1.165) is 57.7 Å². The van der Waals surface area contributed by atoms with Gasteiger partial charge in [-0.2, -0.15) is 0 Å². The first kappa shape index (κ1) is 32.3. The van der Waals surface area contributed by atoms with Gasteiger partial charge in [0.2, 0.25) is 0 Å². The summed E-state index contributed by atoms with van der Waals surface area (Å²) in [7, 11) is 0. The summed E-state index contributed by atoms with van der Waals surface area (Å²) in [6.45, 7) is 0. The molecule has 9 aromatic rings. The SMILES string of the molecule is C1=C2Sc3ccc4c5c6ccccc6ccc5n(-c5cccc(-c6cccc(-c7cc(-c8ccccc8)nc(-c8ccccc8)n7)c6)c5)c4c3SC2=CCC1. The smallest absolute Gasteiger partial charge is 0.160 e. The lowest BCUT2D eigenvalue weighted by atomic mass is 10.00. The molecule has 0 bridgehead atoms. The second-order valence-corrected chi connectivity index (χ2v) is 16.2. The van der Waals surface area contributed by atoms with Gasteiger partial charge in [-0.3, -0.25) is 0 Å². The zero-order valence-electron chi connectivity index (χ0n) is 29.8. The van der Waals surface area contributed by atoms with Crippen molar-refractivity contribution >= 4 is 56.1 Å². The summed E-state index contributed by atoms with van der Waals surface area (Å²) in [5.41, 5.74) is 10.9. The number of aromatic nitrogens is 3. The standard InChI is InChI=1S/C50H33N3S2/c1-3-14-33(15-4-1)41-31-42(52-50(51-41)34-16-5-2-6-17-34)37-20-11-18-35(29-37)36-19-12-21-38(30-36)53-43-27-25-32-13-7-8-22-39(32)47(43)40-26-28-46-49(48(40)53)55-45-24-10-9-23-44(45)54-46/h1-8,11-31H,9-10H2.